The lowest BCUT2D eigenvalue weighted by molar-refractivity contribution is -0.130. The van der Waals surface area contributed by atoms with Crippen molar-refractivity contribution in [1.29, 1.82) is 0 Å². The zero-order chi connectivity index (χ0) is 13.6. The van der Waals surface area contributed by atoms with Crippen molar-refractivity contribution in [2.45, 2.75) is 44.1 Å². The lowest BCUT2D eigenvalue weighted by Gasteiger charge is -2.28. The van der Waals surface area contributed by atoms with Crippen LogP contribution in [0.25, 0.3) is 0 Å². The van der Waals surface area contributed by atoms with Gasteiger partial charge in [0, 0.05) is 32.5 Å². The molecule has 1 rings (SSSR count). The summed E-state index contributed by atoms with van der Waals surface area (Å²) < 4.78 is 30.9. The topological polar surface area (TPSA) is 58.6 Å². The first-order valence-electron chi connectivity index (χ1n) is 6.26. The van der Waals surface area contributed by atoms with E-state index in [9.17, 15) is 13.6 Å². The molecule has 0 radical (unpaired) electrons. The van der Waals surface area contributed by atoms with Gasteiger partial charge < -0.3 is 15.2 Å². The van der Waals surface area contributed by atoms with Crippen LogP contribution in [0.1, 0.15) is 32.1 Å². The predicted molar refractivity (Wildman–Crippen MR) is 62.4 cm³/mol. The lowest BCUT2D eigenvalue weighted by Crippen LogP contribution is -2.43. The average Bonchev–Trinajstić information content (AvgIpc) is 2.29. The van der Waals surface area contributed by atoms with Gasteiger partial charge in [0.1, 0.15) is 0 Å². The number of carbonyl (C=O) groups is 1. The largest absolute Gasteiger partial charge is 0.396 e. The first-order chi connectivity index (χ1) is 8.48. The van der Waals surface area contributed by atoms with E-state index in [0.29, 0.717) is 13.0 Å². The van der Waals surface area contributed by atoms with Gasteiger partial charge in [-0.15, -0.1) is 0 Å². The van der Waals surface area contributed by atoms with Gasteiger partial charge in [0.2, 0.25) is 11.8 Å². The van der Waals surface area contributed by atoms with E-state index in [1.807, 2.05) is 0 Å². The molecule has 0 heterocycles. The standard InChI is InChI=1S/C12H21F2NO3/c1-18-8-10(4-7-16)15-11(17)9-2-5-12(13,14)6-3-9/h9-10,16H,2-8H2,1H3,(H,15,17). The molecule has 1 amide bonds. The molecule has 1 aliphatic rings. The minimum absolute atomic E-state index is 0.0446. The van der Waals surface area contributed by atoms with Gasteiger partial charge in [0.15, 0.2) is 0 Å². The SMILES string of the molecule is COCC(CCO)NC(=O)C1CCC(F)(F)CC1. The number of aliphatic hydroxyl groups is 1. The van der Waals surface area contributed by atoms with Crippen LogP contribution in [0.2, 0.25) is 0 Å². The maximum Gasteiger partial charge on any atom is 0.248 e. The normalized spacial score (nSPS) is 21.6. The number of rotatable bonds is 6. The Hall–Kier alpha value is -0.750. The van der Waals surface area contributed by atoms with Crippen molar-refractivity contribution in [2.75, 3.05) is 20.3 Å². The number of alkyl halides is 2. The highest BCUT2D eigenvalue weighted by Gasteiger charge is 2.37. The summed E-state index contributed by atoms with van der Waals surface area (Å²) in [5.41, 5.74) is 0. The molecule has 0 aromatic rings. The highest BCUT2D eigenvalue weighted by Crippen LogP contribution is 2.36. The number of amides is 1. The first-order valence-corrected chi connectivity index (χ1v) is 6.26. The molecule has 2 N–H and O–H groups in total. The Morgan fingerprint density at radius 1 is 1.50 bits per heavy atom. The summed E-state index contributed by atoms with van der Waals surface area (Å²) in [6, 6.07) is -0.255. The van der Waals surface area contributed by atoms with Crippen molar-refractivity contribution < 1.29 is 23.4 Å². The zero-order valence-corrected chi connectivity index (χ0v) is 10.6. The average molecular weight is 265 g/mol. The molecule has 4 nitrogen and oxygen atoms in total. The number of nitrogens with one attached hydrogen (secondary N) is 1. The molecule has 0 aromatic heterocycles. The predicted octanol–water partition coefficient (Wildman–Crippen LogP) is 1.33. The minimum atomic E-state index is -2.62. The quantitative estimate of drug-likeness (QED) is 0.761. The molecule has 1 atom stereocenters. The van der Waals surface area contributed by atoms with Crippen LogP contribution in [0.5, 0.6) is 0 Å². The second kappa shape index (κ2) is 6.99. The molecule has 0 aliphatic heterocycles. The summed E-state index contributed by atoms with van der Waals surface area (Å²) in [5, 5.41) is 11.6. The van der Waals surface area contributed by atoms with Gasteiger partial charge in [-0.25, -0.2) is 8.78 Å². The number of halogens is 2. The molecule has 1 aliphatic carbocycles. The number of ether oxygens (including phenoxy) is 1. The summed E-state index contributed by atoms with van der Waals surface area (Å²) in [5.74, 6) is -3.17. The van der Waals surface area contributed by atoms with E-state index >= 15 is 0 Å². The molecule has 0 spiro atoms. The van der Waals surface area contributed by atoms with E-state index in [1.165, 1.54) is 7.11 Å². The van der Waals surface area contributed by atoms with Crippen molar-refractivity contribution in [2.24, 2.45) is 5.92 Å². The maximum absolute atomic E-state index is 13.0. The second-order valence-electron chi connectivity index (χ2n) is 4.80. The van der Waals surface area contributed by atoms with Crippen molar-refractivity contribution in [1.82, 2.24) is 5.32 Å². The van der Waals surface area contributed by atoms with Crippen LogP contribution in [0.15, 0.2) is 0 Å². The Morgan fingerprint density at radius 3 is 2.61 bits per heavy atom. The number of hydrogen-bond donors (Lipinski definition) is 2. The van der Waals surface area contributed by atoms with Crippen LogP contribution in [0.3, 0.4) is 0 Å². The third kappa shape index (κ3) is 4.86. The summed E-state index contributed by atoms with van der Waals surface area (Å²) in [7, 11) is 1.51. The fraction of sp³-hybridized carbons (Fsp3) is 0.917. The van der Waals surface area contributed by atoms with E-state index in [-0.39, 0.29) is 50.2 Å². The Morgan fingerprint density at radius 2 is 2.11 bits per heavy atom. The number of hydrogen-bond acceptors (Lipinski definition) is 3. The zero-order valence-electron chi connectivity index (χ0n) is 10.6. The highest BCUT2D eigenvalue weighted by atomic mass is 19.3. The van der Waals surface area contributed by atoms with Crippen LogP contribution in [-0.2, 0) is 9.53 Å². The van der Waals surface area contributed by atoms with Crippen LogP contribution < -0.4 is 5.32 Å². The number of methoxy groups -OCH3 is 1. The number of carbonyl (C=O) groups excluding carboxylic acids is 1. The summed E-state index contributed by atoms with van der Waals surface area (Å²) in [6.45, 7) is 0.270. The molecule has 1 unspecified atom stereocenters. The van der Waals surface area contributed by atoms with Crippen molar-refractivity contribution in [3.05, 3.63) is 0 Å². The molecule has 0 bridgehead atoms. The van der Waals surface area contributed by atoms with Crippen molar-refractivity contribution in [3.63, 3.8) is 0 Å². The van der Waals surface area contributed by atoms with Crippen molar-refractivity contribution in [3.8, 4) is 0 Å². The van der Waals surface area contributed by atoms with Crippen LogP contribution in [0.4, 0.5) is 8.78 Å². The summed E-state index contributed by atoms with van der Waals surface area (Å²) >= 11 is 0. The molecular formula is C12H21F2NO3. The molecule has 0 aromatic carbocycles. The van der Waals surface area contributed by atoms with Gasteiger partial charge in [-0.1, -0.05) is 0 Å². The molecule has 1 fully saturated rings. The third-order valence-corrected chi connectivity index (χ3v) is 3.28. The van der Waals surface area contributed by atoms with E-state index < -0.39 is 5.92 Å². The van der Waals surface area contributed by atoms with Gasteiger partial charge >= 0.3 is 0 Å². The van der Waals surface area contributed by atoms with Crippen molar-refractivity contribution >= 4 is 5.91 Å². The van der Waals surface area contributed by atoms with Gasteiger partial charge in [0.25, 0.3) is 0 Å². The fourth-order valence-corrected chi connectivity index (χ4v) is 2.18. The van der Waals surface area contributed by atoms with E-state index in [1.54, 1.807) is 0 Å². The van der Waals surface area contributed by atoms with Crippen LogP contribution in [-0.4, -0.2) is 43.3 Å². The third-order valence-electron chi connectivity index (χ3n) is 3.28. The Labute approximate surface area is 106 Å². The van der Waals surface area contributed by atoms with Gasteiger partial charge in [-0.2, -0.15) is 0 Å². The lowest BCUT2D eigenvalue weighted by atomic mass is 9.86. The molecule has 6 heteroatoms. The van der Waals surface area contributed by atoms with E-state index in [0.717, 1.165) is 0 Å². The smallest absolute Gasteiger partial charge is 0.248 e. The monoisotopic (exact) mass is 265 g/mol. The molecular weight excluding hydrogens is 244 g/mol. The Kier molecular flexibility index (Phi) is 5.95. The minimum Gasteiger partial charge on any atom is -0.396 e. The van der Waals surface area contributed by atoms with E-state index in [4.69, 9.17) is 9.84 Å². The van der Waals surface area contributed by atoms with Crippen LogP contribution in [0, 0.1) is 5.92 Å². The number of aliphatic hydroxyl groups excluding tert-OH is 1. The summed E-state index contributed by atoms with van der Waals surface area (Å²) in [6.07, 6.45) is 0.401. The Bertz CT molecular complexity index is 258. The van der Waals surface area contributed by atoms with Gasteiger partial charge in [-0.3, -0.25) is 4.79 Å². The van der Waals surface area contributed by atoms with Crippen LogP contribution >= 0.6 is 0 Å². The maximum atomic E-state index is 13.0. The molecule has 18 heavy (non-hydrogen) atoms. The first kappa shape index (κ1) is 15.3. The fourth-order valence-electron chi connectivity index (χ4n) is 2.18. The van der Waals surface area contributed by atoms with Gasteiger partial charge in [0.05, 0.1) is 12.6 Å². The second-order valence-corrected chi connectivity index (χ2v) is 4.80. The molecule has 0 saturated heterocycles. The Balaban J connectivity index is 2.39. The van der Waals surface area contributed by atoms with Gasteiger partial charge in [-0.05, 0) is 19.3 Å². The summed E-state index contributed by atoms with van der Waals surface area (Å²) in [4.78, 5) is 11.9. The van der Waals surface area contributed by atoms with E-state index in [2.05, 4.69) is 5.32 Å². The highest BCUT2D eigenvalue weighted by molar-refractivity contribution is 5.79. The molecule has 1 saturated carbocycles. The molecule has 106 valence electrons.